The lowest BCUT2D eigenvalue weighted by atomic mass is 10.1. The minimum absolute atomic E-state index is 0.0851. The first-order chi connectivity index (χ1) is 9.60. The second kappa shape index (κ2) is 6.64. The van der Waals surface area contributed by atoms with Gasteiger partial charge in [0.25, 0.3) is 0 Å². The predicted molar refractivity (Wildman–Crippen MR) is 81.4 cm³/mol. The Morgan fingerprint density at radius 2 is 1.75 bits per heavy atom. The SMILES string of the molecule is COc1ccc(COc2ccc(C(C)N)c(Cl)c2)cc1. The Morgan fingerprint density at radius 3 is 2.30 bits per heavy atom. The molecule has 0 aliphatic heterocycles. The van der Waals surface area contributed by atoms with Crippen LogP contribution in [0.1, 0.15) is 24.1 Å². The van der Waals surface area contributed by atoms with Crippen LogP contribution in [0.15, 0.2) is 42.5 Å². The first-order valence-corrected chi connectivity index (χ1v) is 6.78. The smallest absolute Gasteiger partial charge is 0.121 e. The number of hydrogen-bond donors (Lipinski definition) is 1. The molecule has 20 heavy (non-hydrogen) atoms. The molecule has 0 aromatic heterocycles. The molecule has 0 aliphatic carbocycles. The number of nitrogens with two attached hydrogens (primary N) is 1. The summed E-state index contributed by atoms with van der Waals surface area (Å²) in [7, 11) is 1.65. The van der Waals surface area contributed by atoms with Gasteiger partial charge in [-0.15, -0.1) is 0 Å². The maximum atomic E-state index is 6.17. The molecule has 0 bridgehead atoms. The summed E-state index contributed by atoms with van der Waals surface area (Å²) in [6.07, 6.45) is 0. The summed E-state index contributed by atoms with van der Waals surface area (Å²) in [5, 5.41) is 0.632. The molecule has 106 valence electrons. The average Bonchev–Trinajstić information content (AvgIpc) is 2.45. The van der Waals surface area contributed by atoms with Crippen molar-refractivity contribution in [3.8, 4) is 11.5 Å². The van der Waals surface area contributed by atoms with Gasteiger partial charge in [0, 0.05) is 11.1 Å². The molecule has 4 heteroatoms. The molecule has 2 aromatic rings. The predicted octanol–water partition coefficient (Wildman–Crippen LogP) is 3.95. The van der Waals surface area contributed by atoms with Gasteiger partial charge >= 0.3 is 0 Å². The van der Waals surface area contributed by atoms with Crippen molar-refractivity contribution in [3.05, 3.63) is 58.6 Å². The molecule has 2 aromatic carbocycles. The molecule has 0 amide bonds. The van der Waals surface area contributed by atoms with Crippen LogP contribution in [0.3, 0.4) is 0 Å². The van der Waals surface area contributed by atoms with Crippen molar-refractivity contribution in [2.24, 2.45) is 5.73 Å². The van der Waals surface area contributed by atoms with Crippen LogP contribution >= 0.6 is 11.6 Å². The van der Waals surface area contributed by atoms with Crippen LogP contribution in [0.25, 0.3) is 0 Å². The molecule has 1 unspecified atom stereocenters. The maximum absolute atomic E-state index is 6.17. The molecule has 0 saturated carbocycles. The van der Waals surface area contributed by atoms with Gasteiger partial charge in [0.1, 0.15) is 18.1 Å². The van der Waals surface area contributed by atoms with E-state index < -0.39 is 0 Å². The zero-order valence-corrected chi connectivity index (χ0v) is 12.4. The Kier molecular flexibility index (Phi) is 4.88. The first-order valence-electron chi connectivity index (χ1n) is 6.41. The average molecular weight is 292 g/mol. The van der Waals surface area contributed by atoms with Gasteiger partial charge in [-0.2, -0.15) is 0 Å². The maximum Gasteiger partial charge on any atom is 0.121 e. The Hall–Kier alpha value is -1.71. The van der Waals surface area contributed by atoms with Gasteiger partial charge in [-0.1, -0.05) is 29.8 Å². The third-order valence-corrected chi connectivity index (χ3v) is 3.35. The van der Waals surface area contributed by atoms with Crippen molar-refractivity contribution >= 4 is 11.6 Å². The fourth-order valence-corrected chi connectivity index (χ4v) is 2.20. The molecule has 0 aliphatic rings. The van der Waals surface area contributed by atoms with Crippen LogP contribution in [-0.2, 0) is 6.61 Å². The van der Waals surface area contributed by atoms with Gasteiger partial charge < -0.3 is 15.2 Å². The van der Waals surface area contributed by atoms with Crippen LogP contribution in [-0.4, -0.2) is 7.11 Å². The van der Waals surface area contributed by atoms with Crippen LogP contribution < -0.4 is 15.2 Å². The molecule has 2 N–H and O–H groups in total. The lowest BCUT2D eigenvalue weighted by molar-refractivity contribution is 0.306. The molecule has 0 fully saturated rings. The van der Waals surface area contributed by atoms with E-state index in [-0.39, 0.29) is 6.04 Å². The van der Waals surface area contributed by atoms with Crippen LogP contribution in [0, 0.1) is 0 Å². The lowest BCUT2D eigenvalue weighted by Gasteiger charge is -2.11. The van der Waals surface area contributed by atoms with E-state index >= 15 is 0 Å². The van der Waals surface area contributed by atoms with Gasteiger partial charge in [-0.25, -0.2) is 0 Å². The van der Waals surface area contributed by atoms with Crippen molar-refractivity contribution in [1.82, 2.24) is 0 Å². The zero-order valence-electron chi connectivity index (χ0n) is 11.6. The van der Waals surface area contributed by atoms with Gasteiger partial charge in [0.2, 0.25) is 0 Å². The van der Waals surface area contributed by atoms with Crippen molar-refractivity contribution in [2.45, 2.75) is 19.6 Å². The molecule has 1 atom stereocenters. The Balaban J connectivity index is 2.01. The van der Waals surface area contributed by atoms with Gasteiger partial charge in [0.15, 0.2) is 0 Å². The fraction of sp³-hybridized carbons (Fsp3) is 0.250. The van der Waals surface area contributed by atoms with Crippen LogP contribution in [0.5, 0.6) is 11.5 Å². The van der Waals surface area contributed by atoms with Crippen LogP contribution in [0.4, 0.5) is 0 Å². The monoisotopic (exact) mass is 291 g/mol. The Labute approximate surface area is 124 Å². The van der Waals surface area contributed by atoms with Crippen molar-refractivity contribution in [2.75, 3.05) is 7.11 Å². The van der Waals surface area contributed by atoms with Gasteiger partial charge in [-0.05, 0) is 42.3 Å². The highest BCUT2D eigenvalue weighted by Gasteiger charge is 2.06. The summed E-state index contributed by atoms with van der Waals surface area (Å²) in [6.45, 7) is 2.39. The Morgan fingerprint density at radius 1 is 1.10 bits per heavy atom. The molecule has 2 rings (SSSR count). The number of methoxy groups -OCH3 is 1. The first kappa shape index (κ1) is 14.7. The van der Waals surface area contributed by atoms with E-state index in [1.54, 1.807) is 13.2 Å². The molecule has 3 nitrogen and oxygen atoms in total. The minimum Gasteiger partial charge on any atom is -0.497 e. The standard InChI is InChI=1S/C16H18ClNO2/c1-11(18)15-8-7-14(9-16(15)17)20-10-12-3-5-13(19-2)6-4-12/h3-9,11H,10,18H2,1-2H3. The minimum atomic E-state index is -0.0851. The molecule has 0 heterocycles. The second-order valence-corrected chi connectivity index (χ2v) is 5.02. The highest BCUT2D eigenvalue weighted by atomic mass is 35.5. The third-order valence-electron chi connectivity index (χ3n) is 3.03. The summed E-state index contributed by atoms with van der Waals surface area (Å²) in [5.41, 5.74) is 7.81. The van der Waals surface area contributed by atoms with Crippen molar-refractivity contribution < 1.29 is 9.47 Å². The quantitative estimate of drug-likeness (QED) is 0.907. The number of hydrogen-bond acceptors (Lipinski definition) is 3. The highest BCUT2D eigenvalue weighted by molar-refractivity contribution is 6.31. The van der Waals surface area contributed by atoms with Crippen molar-refractivity contribution in [1.29, 1.82) is 0 Å². The number of ether oxygens (including phenoxy) is 2. The topological polar surface area (TPSA) is 44.5 Å². The van der Waals surface area contributed by atoms with E-state index in [0.29, 0.717) is 11.6 Å². The molecular weight excluding hydrogens is 274 g/mol. The molecule has 0 spiro atoms. The number of rotatable bonds is 5. The van der Waals surface area contributed by atoms with Gasteiger partial charge in [-0.3, -0.25) is 0 Å². The Bertz CT molecular complexity index is 567. The number of benzene rings is 2. The van der Waals surface area contributed by atoms with Crippen molar-refractivity contribution in [3.63, 3.8) is 0 Å². The molecule has 0 saturated heterocycles. The van der Waals surface area contributed by atoms with E-state index in [4.69, 9.17) is 26.8 Å². The van der Waals surface area contributed by atoms with Gasteiger partial charge in [0.05, 0.1) is 7.11 Å². The van der Waals surface area contributed by atoms with E-state index in [9.17, 15) is 0 Å². The van der Waals surface area contributed by atoms with E-state index in [0.717, 1.165) is 22.6 Å². The molecular formula is C16H18ClNO2. The van der Waals surface area contributed by atoms with Crippen LogP contribution in [0.2, 0.25) is 5.02 Å². The summed E-state index contributed by atoms with van der Waals surface area (Å²) < 4.78 is 10.8. The summed E-state index contributed by atoms with van der Waals surface area (Å²) in [5.74, 6) is 1.56. The van der Waals surface area contributed by atoms with E-state index in [1.807, 2.05) is 43.3 Å². The largest absolute Gasteiger partial charge is 0.497 e. The lowest BCUT2D eigenvalue weighted by Crippen LogP contribution is -2.05. The third kappa shape index (κ3) is 3.65. The summed E-state index contributed by atoms with van der Waals surface area (Å²) in [6, 6.07) is 13.2. The fourth-order valence-electron chi connectivity index (χ4n) is 1.86. The normalized spacial score (nSPS) is 12.0. The van der Waals surface area contributed by atoms with E-state index in [2.05, 4.69) is 0 Å². The zero-order chi connectivity index (χ0) is 14.5. The summed E-state index contributed by atoms with van der Waals surface area (Å²) in [4.78, 5) is 0. The summed E-state index contributed by atoms with van der Waals surface area (Å²) >= 11 is 6.17. The second-order valence-electron chi connectivity index (χ2n) is 4.61. The number of halogens is 1. The molecule has 0 radical (unpaired) electrons. The highest BCUT2D eigenvalue weighted by Crippen LogP contribution is 2.26. The van der Waals surface area contributed by atoms with E-state index in [1.165, 1.54) is 0 Å².